The Labute approximate surface area is 83.7 Å². The molecule has 0 amide bonds. The number of hydrogen-bond acceptors (Lipinski definition) is 3. The zero-order valence-corrected chi connectivity index (χ0v) is 8.36. The normalized spacial score (nSPS) is 18.7. The first-order chi connectivity index (χ1) is 6.82. The maximum Gasteiger partial charge on any atom is 0.141 e. The van der Waals surface area contributed by atoms with Gasteiger partial charge in [0.2, 0.25) is 0 Å². The second kappa shape index (κ2) is 3.58. The molecule has 0 radical (unpaired) electrons. The van der Waals surface area contributed by atoms with E-state index in [1.165, 1.54) is 6.42 Å². The summed E-state index contributed by atoms with van der Waals surface area (Å²) < 4.78 is 5.26. The molecule has 1 heterocycles. The smallest absolute Gasteiger partial charge is 0.141 e. The summed E-state index contributed by atoms with van der Waals surface area (Å²) >= 11 is 0. The Morgan fingerprint density at radius 2 is 2.36 bits per heavy atom. The van der Waals surface area contributed by atoms with E-state index in [2.05, 4.69) is 4.98 Å². The largest absolute Gasteiger partial charge is 0.495 e. The summed E-state index contributed by atoms with van der Waals surface area (Å²) in [4.78, 5) is 4.33. The highest BCUT2D eigenvalue weighted by atomic mass is 16.5. The third kappa shape index (κ3) is 1.28. The van der Waals surface area contributed by atoms with Crippen LogP contribution >= 0.6 is 0 Å². The molecule has 1 N–H and O–H groups in total. The first-order valence-corrected chi connectivity index (χ1v) is 4.93. The van der Waals surface area contributed by atoms with E-state index in [4.69, 9.17) is 4.74 Å². The third-order valence-corrected chi connectivity index (χ3v) is 3.11. The molecule has 76 valence electrons. The lowest BCUT2D eigenvalue weighted by Crippen LogP contribution is -2.39. The van der Waals surface area contributed by atoms with Crippen molar-refractivity contribution < 1.29 is 9.84 Å². The van der Waals surface area contributed by atoms with Gasteiger partial charge in [0.05, 0.1) is 19.4 Å². The summed E-state index contributed by atoms with van der Waals surface area (Å²) in [5.41, 5.74) is 0.781. The molecule has 0 bridgehead atoms. The van der Waals surface area contributed by atoms with E-state index in [9.17, 15) is 5.11 Å². The minimum atomic E-state index is -0.132. The van der Waals surface area contributed by atoms with Gasteiger partial charge in [-0.2, -0.15) is 0 Å². The van der Waals surface area contributed by atoms with E-state index < -0.39 is 0 Å². The second-order valence-corrected chi connectivity index (χ2v) is 3.85. The predicted octanol–water partition coefficient (Wildman–Crippen LogP) is 1.50. The van der Waals surface area contributed by atoms with Gasteiger partial charge in [0.25, 0.3) is 0 Å². The van der Waals surface area contributed by atoms with Crippen molar-refractivity contribution in [2.45, 2.75) is 24.7 Å². The number of rotatable bonds is 3. The van der Waals surface area contributed by atoms with Gasteiger partial charge in [0.15, 0.2) is 0 Å². The molecular weight excluding hydrogens is 178 g/mol. The predicted molar refractivity (Wildman–Crippen MR) is 53.4 cm³/mol. The minimum absolute atomic E-state index is 0.132. The molecule has 1 aromatic heterocycles. The fourth-order valence-electron chi connectivity index (χ4n) is 2.03. The Hall–Kier alpha value is -1.09. The van der Waals surface area contributed by atoms with Crippen LogP contribution in [0.4, 0.5) is 0 Å². The Morgan fingerprint density at radius 3 is 2.86 bits per heavy atom. The van der Waals surface area contributed by atoms with E-state index in [1.807, 2.05) is 12.1 Å². The molecule has 0 spiro atoms. The van der Waals surface area contributed by atoms with Crippen LogP contribution in [0.15, 0.2) is 18.3 Å². The van der Waals surface area contributed by atoms with E-state index in [0.717, 1.165) is 24.3 Å². The van der Waals surface area contributed by atoms with Gasteiger partial charge in [-0.25, -0.2) is 0 Å². The Bertz CT molecular complexity index is 315. The standard InChI is InChI=1S/C11H15NO2/c1-14-9-4-2-7-12-10(9)11(8-13)5-3-6-11/h2,4,7,13H,3,5-6,8H2,1H3. The van der Waals surface area contributed by atoms with Crippen LogP contribution in [0.1, 0.15) is 25.0 Å². The van der Waals surface area contributed by atoms with Gasteiger partial charge in [-0.15, -0.1) is 0 Å². The molecule has 1 saturated carbocycles. The highest BCUT2D eigenvalue weighted by molar-refractivity contribution is 5.35. The van der Waals surface area contributed by atoms with Crippen molar-refractivity contribution in [2.24, 2.45) is 0 Å². The molecule has 0 saturated heterocycles. The highest BCUT2D eigenvalue weighted by Crippen LogP contribution is 2.45. The van der Waals surface area contributed by atoms with Gasteiger partial charge in [-0.05, 0) is 25.0 Å². The molecule has 2 rings (SSSR count). The monoisotopic (exact) mass is 193 g/mol. The van der Waals surface area contributed by atoms with Crippen LogP contribution in [0.3, 0.4) is 0 Å². The zero-order chi connectivity index (χ0) is 10.0. The molecule has 14 heavy (non-hydrogen) atoms. The van der Waals surface area contributed by atoms with Crippen molar-refractivity contribution in [1.29, 1.82) is 0 Å². The molecule has 1 aliphatic rings. The van der Waals surface area contributed by atoms with Crippen molar-refractivity contribution in [1.82, 2.24) is 4.98 Å². The molecular formula is C11H15NO2. The molecule has 3 nitrogen and oxygen atoms in total. The summed E-state index contributed by atoms with van der Waals surface area (Å²) in [6.07, 6.45) is 4.95. The lowest BCUT2D eigenvalue weighted by Gasteiger charge is -2.40. The topological polar surface area (TPSA) is 42.4 Å². The van der Waals surface area contributed by atoms with E-state index >= 15 is 0 Å². The van der Waals surface area contributed by atoms with Crippen molar-refractivity contribution in [2.75, 3.05) is 13.7 Å². The molecule has 0 unspecified atom stereocenters. The first kappa shape index (κ1) is 9.46. The number of aromatic nitrogens is 1. The second-order valence-electron chi connectivity index (χ2n) is 3.85. The van der Waals surface area contributed by atoms with Gasteiger partial charge in [0, 0.05) is 11.6 Å². The number of ether oxygens (including phenoxy) is 1. The third-order valence-electron chi connectivity index (χ3n) is 3.11. The summed E-state index contributed by atoms with van der Waals surface area (Å²) in [5.74, 6) is 0.793. The Morgan fingerprint density at radius 1 is 1.57 bits per heavy atom. The highest BCUT2D eigenvalue weighted by Gasteiger charge is 2.41. The lowest BCUT2D eigenvalue weighted by atomic mass is 9.67. The lowest BCUT2D eigenvalue weighted by molar-refractivity contribution is 0.113. The van der Waals surface area contributed by atoms with Crippen molar-refractivity contribution >= 4 is 0 Å². The number of hydrogen-bond donors (Lipinski definition) is 1. The number of aliphatic hydroxyl groups is 1. The van der Waals surface area contributed by atoms with Crippen LogP contribution in [-0.4, -0.2) is 23.8 Å². The van der Waals surface area contributed by atoms with Crippen LogP contribution in [0.5, 0.6) is 5.75 Å². The molecule has 3 heteroatoms. The van der Waals surface area contributed by atoms with E-state index in [0.29, 0.717) is 0 Å². The molecule has 0 atom stereocenters. The van der Waals surface area contributed by atoms with Gasteiger partial charge < -0.3 is 9.84 Å². The SMILES string of the molecule is COc1cccnc1C1(CO)CCC1. The molecule has 0 aromatic carbocycles. The van der Waals surface area contributed by atoms with E-state index in [-0.39, 0.29) is 12.0 Å². The Kier molecular flexibility index (Phi) is 2.42. The van der Waals surface area contributed by atoms with Crippen LogP contribution in [-0.2, 0) is 5.41 Å². The minimum Gasteiger partial charge on any atom is -0.495 e. The summed E-state index contributed by atoms with van der Waals surface area (Å²) in [6, 6.07) is 3.75. The van der Waals surface area contributed by atoms with Gasteiger partial charge >= 0.3 is 0 Å². The van der Waals surface area contributed by atoms with Gasteiger partial charge in [-0.3, -0.25) is 4.98 Å². The van der Waals surface area contributed by atoms with Crippen LogP contribution in [0, 0.1) is 0 Å². The molecule has 1 aliphatic carbocycles. The van der Waals surface area contributed by atoms with Gasteiger partial charge in [0.1, 0.15) is 5.75 Å². The molecule has 1 aromatic rings. The zero-order valence-electron chi connectivity index (χ0n) is 8.36. The maximum absolute atomic E-state index is 9.41. The van der Waals surface area contributed by atoms with Crippen molar-refractivity contribution in [3.05, 3.63) is 24.0 Å². The number of pyridine rings is 1. The van der Waals surface area contributed by atoms with Crippen molar-refractivity contribution in [3.63, 3.8) is 0 Å². The Balaban J connectivity index is 2.38. The quantitative estimate of drug-likeness (QED) is 0.791. The number of aliphatic hydroxyl groups excluding tert-OH is 1. The average molecular weight is 193 g/mol. The summed E-state index contributed by atoms with van der Waals surface area (Å²) in [6.45, 7) is 0.167. The van der Waals surface area contributed by atoms with Crippen LogP contribution < -0.4 is 4.74 Å². The van der Waals surface area contributed by atoms with Crippen LogP contribution in [0.25, 0.3) is 0 Å². The first-order valence-electron chi connectivity index (χ1n) is 4.93. The number of methoxy groups -OCH3 is 1. The van der Waals surface area contributed by atoms with Crippen molar-refractivity contribution in [3.8, 4) is 5.75 Å². The number of nitrogens with zero attached hydrogens (tertiary/aromatic N) is 1. The van der Waals surface area contributed by atoms with E-state index in [1.54, 1.807) is 13.3 Å². The van der Waals surface area contributed by atoms with Gasteiger partial charge in [-0.1, -0.05) is 6.42 Å². The molecule has 0 aliphatic heterocycles. The molecule has 1 fully saturated rings. The fourth-order valence-corrected chi connectivity index (χ4v) is 2.03. The average Bonchev–Trinajstić information content (AvgIpc) is 2.18. The van der Waals surface area contributed by atoms with Crippen LogP contribution in [0.2, 0.25) is 0 Å². The fraction of sp³-hybridized carbons (Fsp3) is 0.545. The summed E-state index contributed by atoms with van der Waals surface area (Å²) in [7, 11) is 1.64. The maximum atomic E-state index is 9.41. The summed E-state index contributed by atoms with van der Waals surface area (Å²) in [5, 5.41) is 9.41.